The number of ether oxygens (including phenoxy) is 2. The Bertz CT molecular complexity index is 1020. The lowest BCUT2D eigenvalue weighted by atomic mass is 10.1. The Morgan fingerprint density at radius 3 is 2.65 bits per heavy atom. The summed E-state index contributed by atoms with van der Waals surface area (Å²) in [5.74, 6) is -0.443. The number of halogens is 1. The van der Waals surface area contributed by atoms with Gasteiger partial charge in [0.15, 0.2) is 11.5 Å². The fourth-order valence-corrected chi connectivity index (χ4v) is 4.18. The molecule has 31 heavy (non-hydrogen) atoms. The third-order valence-electron chi connectivity index (χ3n) is 4.44. The summed E-state index contributed by atoms with van der Waals surface area (Å²) in [4.78, 5) is 25.2. The van der Waals surface area contributed by atoms with E-state index in [1.165, 1.54) is 35.9 Å². The number of hydrogen-bond acceptors (Lipinski definition) is 6. The van der Waals surface area contributed by atoms with Crippen molar-refractivity contribution < 1.29 is 28.6 Å². The average Bonchev–Trinajstić information content (AvgIpc) is 3.01. The Balaban J connectivity index is 1.69. The van der Waals surface area contributed by atoms with Gasteiger partial charge in [0.25, 0.3) is 5.91 Å². The van der Waals surface area contributed by atoms with E-state index in [2.05, 4.69) is 0 Å². The van der Waals surface area contributed by atoms with Crippen molar-refractivity contribution in [3.05, 3.63) is 64.3 Å². The normalized spacial score (nSPS) is 14.9. The number of carboxylic acid groups (broad SMARTS) is 1. The molecule has 1 heterocycles. The van der Waals surface area contributed by atoms with E-state index in [1.54, 1.807) is 36.4 Å². The van der Waals surface area contributed by atoms with E-state index >= 15 is 0 Å². The zero-order valence-electron chi connectivity index (χ0n) is 16.7. The average molecular weight is 462 g/mol. The highest BCUT2D eigenvalue weighted by atomic mass is 32.2. The molecule has 2 aromatic carbocycles. The number of carbonyl (C=O) groups excluding carboxylic acids is 1. The number of thiocarbonyl (C=S) groups is 1. The van der Waals surface area contributed by atoms with Crippen molar-refractivity contribution in [3.8, 4) is 11.5 Å². The molecule has 1 N–H and O–H groups in total. The van der Waals surface area contributed by atoms with Crippen molar-refractivity contribution >= 4 is 46.3 Å². The van der Waals surface area contributed by atoms with Crippen LogP contribution < -0.4 is 9.47 Å². The molecule has 0 aromatic heterocycles. The third-order valence-corrected chi connectivity index (χ3v) is 5.82. The minimum Gasteiger partial charge on any atom is -0.493 e. The Morgan fingerprint density at radius 1 is 1.23 bits per heavy atom. The van der Waals surface area contributed by atoms with Gasteiger partial charge in [0.1, 0.15) is 16.7 Å². The van der Waals surface area contributed by atoms with Gasteiger partial charge in [0.2, 0.25) is 0 Å². The van der Waals surface area contributed by atoms with Gasteiger partial charge >= 0.3 is 5.97 Å². The summed E-state index contributed by atoms with van der Waals surface area (Å²) in [6.45, 7) is 0.527. The number of thioether (sulfide) groups is 1. The first-order chi connectivity index (χ1) is 14.9. The maximum atomic E-state index is 13.0. The fraction of sp³-hybridized carbons (Fsp3) is 0.227. The highest BCUT2D eigenvalue weighted by Crippen LogP contribution is 2.35. The van der Waals surface area contributed by atoms with E-state index in [9.17, 15) is 14.0 Å². The molecular weight excluding hydrogens is 441 g/mol. The van der Waals surface area contributed by atoms with Crippen LogP contribution in [0.25, 0.3) is 6.08 Å². The maximum Gasteiger partial charge on any atom is 0.303 e. The largest absolute Gasteiger partial charge is 0.493 e. The number of carbonyl (C=O) groups is 2. The molecule has 1 amide bonds. The maximum absolute atomic E-state index is 13.0. The lowest BCUT2D eigenvalue weighted by molar-refractivity contribution is -0.137. The number of rotatable bonds is 9. The van der Waals surface area contributed by atoms with Crippen LogP contribution in [0.1, 0.15) is 24.0 Å². The molecule has 9 heteroatoms. The number of aliphatic carboxylic acids is 1. The molecule has 162 valence electrons. The number of nitrogens with zero attached hydrogens (tertiary/aromatic N) is 1. The Hall–Kier alpha value is -2.91. The molecule has 2 aromatic rings. The summed E-state index contributed by atoms with van der Waals surface area (Å²) >= 11 is 6.44. The van der Waals surface area contributed by atoms with Crippen molar-refractivity contribution in [3.63, 3.8) is 0 Å². The van der Waals surface area contributed by atoms with Crippen LogP contribution >= 0.6 is 24.0 Å². The standard InChI is InChI=1S/C22H20FNO5S2/c1-28-18-11-15(6-9-17(18)29-13-14-4-7-16(23)8-5-14)12-19-21(27)24(22(30)31-19)10-2-3-20(25)26/h4-9,11-12H,2-3,10,13H2,1H3,(H,25,26)/b19-12-. The molecule has 0 aliphatic carbocycles. The number of hydrogen-bond donors (Lipinski definition) is 1. The number of methoxy groups -OCH3 is 1. The first kappa shape index (κ1) is 22.8. The molecule has 6 nitrogen and oxygen atoms in total. The second-order valence-electron chi connectivity index (χ2n) is 6.66. The Labute approximate surface area is 188 Å². The highest BCUT2D eigenvalue weighted by Gasteiger charge is 2.31. The van der Waals surface area contributed by atoms with Gasteiger partial charge in [-0.1, -0.05) is 42.2 Å². The van der Waals surface area contributed by atoms with Gasteiger partial charge in [-0.15, -0.1) is 0 Å². The van der Waals surface area contributed by atoms with Crippen molar-refractivity contribution in [2.45, 2.75) is 19.4 Å². The van der Waals surface area contributed by atoms with Gasteiger partial charge in [0.05, 0.1) is 12.0 Å². The van der Waals surface area contributed by atoms with E-state index in [1.807, 2.05) is 0 Å². The minimum absolute atomic E-state index is 0.0211. The van der Waals surface area contributed by atoms with Crippen molar-refractivity contribution in [1.29, 1.82) is 0 Å². The van der Waals surface area contributed by atoms with Gasteiger partial charge < -0.3 is 14.6 Å². The second-order valence-corrected chi connectivity index (χ2v) is 8.33. The van der Waals surface area contributed by atoms with Crippen LogP contribution in [-0.2, 0) is 16.2 Å². The molecule has 0 radical (unpaired) electrons. The molecule has 0 saturated carbocycles. The zero-order chi connectivity index (χ0) is 22.4. The van der Waals surface area contributed by atoms with Crippen molar-refractivity contribution in [2.75, 3.05) is 13.7 Å². The molecule has 0 unspecified atom stereocenters. The monoisotopic (exact) mass is 461 g/mol. The summed E-state index contributed by atoms with van der Waals surface area (Å²) in [6.07, 6.45) is 2.03. The molecule has 1 saturated heterocycles. The highest BCUT2D eigenvalue weighted by molar-refractivity contribution is 8.26. The lowest BCUT2D eigenvalue weighted by Crippen LogP contribution is -2.29. The van der Waals surface area contributed by atoms with Gasteiger partial charge in [-0.25, -0.2) is 4.39 Å². The molecule has 1 aliphatic rings. The van der Waals surface area contributed by atoms with Gasteiger partial charge in [-0.3, -0.25) is 14.5 Å². The molecule has 0 spiro atoms. The van der Waals surface area contributed by atoms with E-state index in [4.69, 9.17) is 26.8 Å². The first-order valence-corrected chi connectivity index (χ1v) is 10.6. The fourth-order valence-electron chi connectivity index (χ4n) is 2.87. The molecule has 0 bridgehead atoms. The van der Waals surface area contributed by atoms with Gasteiger partial charge in [0, 0.05) is 13.0 Å². The van der Waals surface area contributed by atoms with E-state index in [-0.39, 0.29) is 31.3 Å². The SMILES string of the molecule is COc1cc(/C=C2\SC(=S)N(CCCC(=O)O)C2=O)ccc1OCc1ccc(F)cc1. The molecule has 3 rings (SSSR count). The Kier molecular flexibility index (Phi) is 7.64. The van der Waals surface area contributed by atoms with Crippen LogP contribution in [0.15, 0.2) is 47.4 Å². The van der Waals surface area contributed by atoms with Crippen LogP contribution in [0.2, 0.25) is 0 Å². The predicted octanol–water partition coefficient (Wildman–Crippen LogP) is 4.48. The summed E-state index contributed by atoms with van der Waals surface area (Å²) < 4.78 is 24.6. The lowest BCUT2D eigenvalue weighted by Gasteiger charge is -2.13. The van der Waals surface area contributed by atoms with Crippen LogP contribution in [0.5, 0.6) is 11.5 Å². The summed E-state index contributed by atoms with van der Waals surface area (Å²) in [6, 6.07) is 11.3. The summed E-state index contributed by atoms with van der Waals surface area (Å²) in [5.41, 5.74) is 1.55. The van der Waals surface area contributed by atoms with Crippen LogP contribution in [0, 0.1) is 5.82 Å². The number of amides is 1. The molecular formula is C22H20FNO5S2. The molecule has 0 atom stereocenters. The topological polar surface area (TPSA) is 76.1 Å². The van der Waals surface area contributed by atoms with Gasteiger partial charge in [-0.05, 0) is 47.9 Å². The van der Waals surface area contributed by atoms with E-state index in [0.29, 0.717) is 27.1 Å². The van der Waals surface area contributed by atoms with Crippen LogP contribution in [-0.4, -0.2) is 39.9 Å². The smallest absolute Gasteiger partial charge is 0.303 e. The Morgan fingerprint density at radius 2 is 1.97 bits per heavy atom. The number of benzene rings is 2. The van der Waals surface area contributed by atoms with Crippen LogP contribution in [0.3, 0.4) is 0 Å². The van der Waals surface area contributed by atoms with Gasteiger partial charge in [-0.2, -0.15) is 0 Å². The van der Waals surface area contributed by atoms with Crippen LogP contribution in [0.4, 0.5) is 4.39 Å². The predicted molar refractivity (Wildman–Crippen MR) is 120 cm³/mol. The zero-order valence-corrected chi connectivity index (χ0v) is 18.3. The van der Waals surface area contributed by atoms with E-state index in [0.717, 1.165) is 11.1 Å². The third kappa shape index (κ3) is 6.05. The number of carboxylic acids is 1. The quantitative estimate of drug-likeness (QED) is 0.436. The molecule has 1 fully saturated rings. The minimum atomic E-state index is -0.908. The van der Waals surface area contributed by atoms with Crippen molar-refractivity contribution in [2.24, 2.45) is 0 Å². The second kappa shape index (κ2) is 10.4. The van der Waals surface area contributed by atoms with Crippen molar-refractivity contribution in [1.82, 2.24) is 4.90 Å². The first-order valence-electron chi connectivity index (χ1n) is 9.40. The summed E-state index contributed by atoms with van der Waals surface area (Å²) in [5, 5.41) is 8.76. The molecule has 1 aliphatic heterocycles. The van der Waals surface area contributed by atoms with E-state index < -0.39 is 5.97 Å². The summed E-state index contributed by atoms with van der Waals surface area (Å²) in [7, 11) is 1.52.